The maximum absolute atomic E-state index is 12.9. The molecule has 0 bridgehead atoms. The molecule has 0 saturated heterocycles. The third kappa shape index (κ3) is 3.49. The largest absolute Gasteiger partial charge is 0.460 e. The predicted octanol–water partition coefficient (Wildman–Crippen LogP) is 3.52. The van der Waals surface area contributed by atoms with Crippen molar-refractivity contribution in [3.8, 4) is 0 Å². The van der Waals surface area contributed by atoms with E-state index in [1.54, 1.807) is 4.90 Å². The van der Waals surface area contributed by atoms with Crippen LogP contribution in [0.1, 0.15) is 24.2 Å². The molecule has 4 heteroatoms. The van der Waals surface area contributed by atoms with E-state index in [0.717, 1.165) is 16.5 Å². The Morgan fingerprint density at radius 1 is 1.12 bits per heavy atom. The topological polar surface area (TPSA) is 59.5 Å². The molecule has 0 radical (unpaired) electrons. The summed E-state index contributed by atoms with van der Waals surface area (Å²) < 4.78 is 5.85. The van der Waals surface area contributed by atoms with E-state index in [4.69, 9.17) is 10.2 Å². The fraction of sp³-hybridized carbons (Fsp3) is 0.250. The quantitative estimate of drug-likeness (QED) is 0.755. The van der Waals surface area contributed by atoms with E-state index < -0.39 is 0 Å². The lowest BCUT2D eigenvalue weighted by Crippen LogP contribution is -2.37. The zero-order valence-electron chi connectivity index (χ0n) is 13.8. The van der Waals surface area contributed by atoms with Crippen molar-refractivity contribution < 1.29 is 9.21 Å². The standard InChI is InChI=1S/C20H22N2O2/c1-15(19-13-17-9-5-6-10-18(17)24-19)20(23)22(12-11-21)14-16-7-3-2-4-8-16/h2-10,13,15H,11-12,14,21H2,1H3. The number of carbonyl (C=O) groups excluding carboxylic acids is 1. The first-order valence-electron chi connectivity index (χ1n) is 8.20. The van der Waals surface area contributed by atoms with Gasteiger partial charge in [-0.1, -0.05) is 48.5 Å². The summed E-state index contributed by atoms with van der Waals surface area (Å²) in [5.74, 6) is 0.382. The zero-order valence-corrected chi connectivity index (χ0v) is 13.8. The average Bonchev–Trinajstić information content (AvgIpc) is 3.05. The van der Waals surface area contributed by atoms with Gasteiger partial charge in [-0.05, 0) is 24.6 Å². The number of nitrogens with two attached hydrogens (primary N) is 1. The van der Waals surface area contributed by atoms with Gasteiger partial charge >= 0.3 is 0 Å². The van der Waals surface area contributed by atoms with E-state index in [0.29, 0.717) is 25.4 Å². The number of furan rings is 1. The molecule has 124 valence electrons. The Kier molecular flexibility index (Phi) is 4.96. The summed E-state index contributed by atoms with van der Waals surface area (Å²) in [4.78, 5) is 14.7. The molecule has 3 rings (SSSR count). The first-order valence-corrected chi connectivity index (χ1v) is 8.20. The number of para-hydroxylation sites is 1. The Bertz CT molecular complexity index is 778. The second-order valence-electron chi connectivity index (χ2n) is 5.94. The Morgan fingerprint density at radius 2 is 1.83 bits per heavy atom. The van der Waals surface area contributed by atoms with Gasteiger partial charge in [-0.15, -0.1) is 0 Å². The summed E-state index contributed by atoms with van der Waals surface area (Å²) in [5, 5.41) is 1.01. The van der Waals surface area contributed by atoms with Crippen LogP contribution >= 0.6 is 0 Å². The van der Waals surface area contributed by atoms with Crippen LogP contribution < -0.4 is 5.73 Å². The number of nitrogens with zero attached hydrogens (tertiary/aromatic N) is 1. The highest BCUT2D eigenvalue weighted by atomic mass is 16.3. The second-order valence-corrected chi connectivity index (χ2v) is 5.94. The van der Waals surface area contributed by atoms with Gasteiger partial charge in [0.25, 0.3) is 0 Å². The monoisotopic (exact) mass is 322 g/mol. The van der Waals surface area contributed by atoms with Crippen LogP contribution in [0.3, 0.4) is 0 Å². The van der Waals surface area contributed by atoms with Crippen LogP contribution in [0, 0.1) is 0 Å². The summed E-state index contributed by atoms with van der Waals surface area (Å²) in [6.07, 6.45) is 0. The first-order chi connectivity index (χ1) is 11.7. The molecule has 1 heterocycles. The van der Waals surface area contributed by atoms with Gasteiger partial charge < -0.3 is 15.1 Å². The van der Waals surface area contributed by atoms with Crippen molar-refractivity contribution in [2.24, 2.45) is 5.73 Å². The van der Waals surface area contributed by atoms with Gasteiger partial charge in [0.1, 0.15) is 11.3 Å². The molecule has 1 unspecified atom stereocenters. The third-order valence-electron chi connectivity index (χ3n) is 4.17. The second kappa shape index (κ2) is 7.32. The normalized spacial score (nSPS) is 12.2. The molecule has 1 atom stereocenters. The Hall–Kier alpha value is -2.59. The fourth-order valence-corrected chi connectivity index (χ4v) is 2.84. The highest BCUT2D eigenvalue weighted by molar-refractivity contribution is 5.85. The van der Waals surface area contributed by atoms with Gasteiger partial charge in [-0.2, -0.15) is 0 Å². The molecule has 0 aliphatic rings. The number of amides is 1. The number of rotatable bonds is 6. The summed E-state index contributed by atoms with van der Waals surface area (Å²) in [7, 11) is 0. The van der Waals surface area contributed by atoms with Crippen LogP contribution in [0.5, 0.6) is 0 Å². The number of hydrogen-bond donors (Lipinski definition) is 1. The van der Waals surface area contributed by atoms with Gasteiger partial charge in [-0.3, -0.25) is 4.79 Å². The minimum Gasteiger partial charge on any atom is -0.460 e. The molecule has 1 amide bonds. The van der Waals surface area contributed by atoms with Crippen molar-refractivity contribution in [1.29, 1.82) is 0 Å². The maximum Gasteiger partial charge on any atom is 0.233 e. The Balaban J connectivity index is 1.80. The minimum absolute atomic E-state index is 0.0309. The number of benzene rings is 2. The van der Waals surface area contributed by atoms with E-state index in [9.17, 15) is 4.79 Å². The molecular formula is C20H22N2O2. The van der Waals surface area contributed by atoms with Crippen molar-refractivity contribution in [3.63, 3.8) is 0 Å². The lowest BCUT2D eigenvalue weighted by Gasteiger charge is -2.24. The molecule has 0 aliphatic heterocycles. The van der Waals surface area contributed by atoms with Gasteiger partial charge in [-0.25, -0.2) is 0 Å². The number of hydrogen-bond acceptors (Lipinski definition) is 3. The van der Waals surface area contributed by atoms with E-state index >= 15 is 0 Å². The van der Waals surface area contributed by atoms with Crippen LogP contribution in [0.15, 0.2) is 65.1 Å². The minimum atomic E-state index is -0.340. The molecule has 24 heavy (non-hydrogen) atoms. The Labute approximate surface area is 141 Å². The van der Waals surface area contributed by atoms with Crippen molar-refractivity contribution in [2.75, 3.05) is 13.1 Å². The Morgan fingerprint density at radius 3 is 2.54 bits per heavy atom. The smallest absolute Gasteiger partial charge is 0.233 e. The predicted molar refractivity (Wildman–Crippen MR) is 95.5 cm³/mol. The van der Waals surface area contributed by atoms with Crippen LogP contribution in [0.25, 0.3) is 11.0 Å². The van der Waals surface area contributed by atoms with Crippen molar-refractivity contribution in [1.82, 2.24) is 4.90 Å². The number of carbonyl (C=O) groups is 1. The molecule has 3 aromatic rings. The van der Waals surface area contributed by atoms with E-state index in [1.807, 2.05) is 67.6 Å². The van der Waals surface area contributed by atoms with E-state index in [2.05, 4.69) is 0 Å². The molecule has 2 aromatic carbocycles. The maximum atomic E-state index is 12.9. The SMILES string of the molecule is CC(C(=O)N(CCN)Cc1ccccc1)c1cc2ccccc2o1. The van der Waals surface area contributed by atoms with Gasteiger partial charge in [0.05, 0.1) is 5.92 Å². The average molecular weight is 322 g/mol. The molecule has 0 spiro atoms. The molecule has 0 fully saturated rings. The summed E-state index contributed by atoms with van der Waals surface area (Å²) in [6, 6.07) is 19.7. The van der Waals surface area contributed by atoms with Crippen molar-refractivity contribution in [2.45, 2.75) is 19.4 Å². The molecule has 0 saturated carbocycles. The van der Waals surface area contributed by atoms with Gasteiger partial charge in [0.2, 0.25) is 5.91 Å². The van der Waals surface area contributed by atoms with Crippen LogP contribution in [0.4, 0.5) is 0 Å². The van der Waals surface area contributed by atoms with Gasteiger partial charge in [0.15, 0.2) is 0 Å². The zero-order chi connectivity index (χ0) is 16.9. The molecule has 0 aliphatic carbocycles. The van der Waals surface area contributed by atoms with Crippen LogP contribution in [0.2, 0.25) is 0 Å². The molecule has 1 aromatic heterocycles. The molecule has 4 nitrogen and oxygen atoms in total. The highest BCUT2D eigenvalue weighted by Crippen LogP contribution is 2.26. The van der Waals surface area contributed by atoms with Crippen molar-refractivity contribution in [3.05, 3.63) is 72.0 Å². The van der Waals surface area contributed by atoms with Crippen molar-refractivity contribution >= 4 is 16.9 Å². The number of fused-ring (bicyclic) bond motifs is 1. The fourth-order valence-electron chi connectivity index (χ4n) is 2.84. The lowest BCUT2D eigenvalue weighted by molar-refractivity contribution is -0.133. The first kappa shape index (κ1) is 16.3. The summed E-state index contributed by atoms with van der Waals surface area (Å²) in [5.41, 5.74) is 7.60. The highest BCUT2D eigenvalue weighted by Gasteiger charge is 2.24. The van der Waals surface area contributed by atoms with E-state index in [-0.39, 0.29) is 11.8 Å². The van der Waals surface area contributed by atoms with Crippen LogP contribution in [-0.2, 0) is 11.3 Å². The molecular weight excluding hydrogens is 300 g/mol. The van der Waals surface area contributed by atoms with Crippen LogP contribution in [-0.4, -0.2) is 23.9 Å². The third-order valence-corrected chi connectivity index (χ3v) is 4.17. The lowest BCUT2D eigenvalue weighted by atomic mass is 10.1. The molecule has 2 N–H and O–H groups in total. The van der Waals surface area contributed by atoms with E-state index in [1.165, 1.54) is 0 Å². The summed E-state index contributed by atoms with van der Waals surface area (Å²) >= 11 is 0. The van der Waals surface area contributed by atoms with Gasteiger partial charge in [0, 0.05) is 25.0 Å². The summed E-state index contributed by atoms with van der Waals surface area (Å²) in [6.45, 7) is 3.40.